The lowest BCUT2D eigenvalue weighted by Gasteiger charge is -2.10. The van der Waals surface area contributed by atoms with Crippen molar-refractivity contribution in [3.8, 4) is 0 Å². The molecule has 0 spiro atoms. The van der Waals surface area contributed by atoms with Crippen LogP contribution in [-0.2, 0) is 14.6 Å². The van der Waals surface area contributed by atoms with Crippen LogP contribution in [-0.4, -0.2) is 63.1 Å². The van der Waals surface area contributed by atoms with E-state index in [-0.39, 0.29) is 0 Å². The summed E-state index contributed by atoms with van der Waals surface area (Å²) in [5.74, 6) is 1.49. The van der Waals surface area contributed by atoms with Gasteiger partial charge in [0.15, 0.2) is 0 Å². The van der Waals surface area contributed by atoms with Crippen LogP contribution in [0.1, 0.15) is 25.7 Å². The Bertz CT molecular complexity index is 349. The normalized spacial score (nSPS) is 17.0. The number of hydrogen-bond acceptors (Lipinski definition) is 5. The van der Waals surface area contributed by atoms with E-state index in [9.17, 15) is 13.0 Å². The summed E-state index contributed by atoms with van der Waals surface area (Å²) in [5.41, 5.74) is 0. The van der Waals surface area contributed by atoms with Gasteiger partial charge in [-0.25, -0.2) is 8.42 Å². The second kappa shape index (κ2) is 7.62. The van der Waals surface area contributed by atoms with E-state index >= 15 is 0 Å². The van der Waals surface area contributed by atoms with Gasteiger partial charge in [-0.05, 0) is 19.3 Å². The maximum absolute atomic E-state index is 9.22. The van der Waals surface area contributed by atoms with Crippen LogP contribution < -0.4 is 0 Å². The van der Waals surface area contributed by atoms with Crippen LogP contribution in [0.25, 0.3) is 0 Å². The molecular formula is C10H22N2O4S. The van der Waals surface area contributed by atoms with Gasteiger partial charge in [-0.2, -0.15) is 0 Å². The maximum atomic E-state index is 9.22. The largest absolute Gasteiger partial charge is 0.726 e. The van der Waals surface area contributed by atoms with Crippen molar-refractivity contribution in [3.05, 3.63) is 0 Å². The highest BCUT2D eigenvalue weighted by atomic mass is 32.3. The fourth-order valence-corrected chi connectivity index (χ4v) is 1.69. The van der Waals surface area contributed by atoms with Gasteiger partial charge in [0, 0.05) is 6.42 Å². The van der Waals surface area contributed by atoms with Crippen molar-refractivity contribution in [2.45, 2.75) is 25.7 Å². The minimum atomic E-state index is -4.41. The Morgan fingerprint density at radius 1 is 1.29 bits per heavy atom. The van der Waals surface area contributed by atoms with Gasteiger partial charge in [-0.1, -0.05) is 0 Å². The Morgan fingerprint density at radius 2 is 1.82 bits per heavy atom. The van der Waals surface area contributed by atoms with E-state index < -0.39 is 10.4 Å². The fourth-order valence-electron chi connectivity index (χ4n) is 1.69. The number of nitrogens with zero attached hydrogens (tertiary/aromatic N) is 2. The zero-order valence-corrected chi connectivity index (χ0v) is 11.8. The molecule has 0 aromatic heterocycles. The fraction of sp³-hybridized carbons (Fsp3) is 0.900. The van der Waals surface area contributed by atoms with Crippen molar-refractivity contribution in [2.75, 3.05) is 34.8 Å². The second-order valence-corrected chi connectivity index (χ2v) is 5.27. The maximum Gasteiger partial charge on any atom is 0.246 e. The first-order chi connectivity index (χ1) is 7.78. The van der Waals surface area contributed by atoms with Crippen LogP contribution in [0.5, 0.6) is 0 Å². The highest BCUT2D eigenvalue weighted by molar-refractivity contribution is 7.80. The van der Waals surface area contributed by atoms with Gasteiger partial charge in [-0.3, -0.25) is 13.7 Å². The molecule has 0 bridgehead atoms. The second-order valence-electron chi connectivity index (χ2n) is 4.12. The van der Waals surface area contributed by atoms with E-state index in [1.54, 1.807) is 0 Å². The molecule has 0 N–H and O–H groups in total. The molecule has 17 heavy (non-hydrogen) atoms. The Morgan fingerprint density at radius 3 is 2.24 bits per heavy atom. The smallest absolute Gasteiger partial charge is 0.246 e. The van der Waals surface area contributed by atoms with Crippen molar-refractivity contribution in [1.82, 2.24) is 4.90 Å². The summed E-state index contributed by atoms with van der Waals surface area (Å²) in [5, 5.41) is 0. The van der Waals surface area contributed by atoms with Crippen LogP contribution in [0.3, 0.4) is 0 Å². The van der Waals surface area contributed by atoms with E-state index in [0.29, 0.717) is 0 Å². The minimum Gasteiger partial charge on any atom is -0.726 e. The third kappa shape index (κ3) is 8.12. The van der Waals surface area contributed by atoms with Crippen LogP contribution >= 0.6 is 0 Å². The first-order valence-corrected chi connectivity index (χ1v) is 6.87. The molecule has 0 fully saturated rings. The minimum absolute atomic E-state index is 0.808. The molecule has 1 rings (SSSR count). The molecule has 0 saturated carbocycles. The highest BCUT2D eigenvalue weighted by Gasteiger charge is 2.15. The highest BCUT2D eigenvalue weighted by Crippen LogP contribution is 2.07. The molecule has 1 aliphatic rings. The SMILES string of the molecule is CN(C)C1=[N+](C)CCCCC1.COS(=O)(=O)[O-]. The monoisotopic (exact) mass is 266 g/mol. The molecule has 0 radical (unpaired) electrons. The zero-order valence-electron chi connectivity index (χ0n) is 11.0. The molecule has 0 aliphatic carbocycles. The predicted molar refractivity (Wildman–Crippen MR) is 64.9 cm³/mol. The average molecular weight is 266 g/mol. The lowest BCUT2D eigenvalue weighted by atomic mass is 10.2. The number of amidine groups is 1. The Kier molecular flexibility index (Phi) is 7.33. The van der Waals surface area contributed by atoms with Gasteiger partial charge in [0.05, 0.1) is 34.8 Å². The molecule has 0 atom stereocenters. The van der Waals surface area contributed by atoms with Gasteiger partial charge < -0.3 is 4.55 Å². The van der Waals surface area contributed by atoms with Crippen molar-refractivity contribution < 1.29 is 21.7 Å². The molecule has 6 nitrogen and oxygen atoms in total. The molecule has 7 heteroatoms. The summed E-state index contributed by atoms with van der Waals surface area (Å²) in [7, 11) is 2.86. The number of hydrogen-bond donors (Lipinski definition) is 0. The average Bonchev–Trinajstić information content (AvgIpc) is 2.42. The van der Waals surface area contributed by atoms with Crippen molar-refractivity contribution in [3.63, 3.8) is 0 Å². The van der Waals surface area contributed by atoms with Gasteiger partial charge in [0.25, 0.3) is 0 Å². The van der Waals surface area contributed by atoms with Crippen molar-refractivity contribution in [2.24, 2.45) is 0 Å². The van der Waals surface area contributed by atoms with Crippen LogP contribution in [0, 0.1) is 0 Å². The molecule has 102 valence electrons. The predicted octanol–water partition coefficient (Wildman–Crippen LogP) is 0.256. The summed E-state index contributed by atoms with van der Waals surface area (Å²) in [6, 6.07) is 0. The van der Waals surface area contributed by atoms with E-state index in [0.717, 1.165) is 7.11 Å². The van der Waals surface area contributed by atoms with Gasteiger partial charge in [0.2, 0.25) is 16.2 Å². The Labute approximate surface area is 104 Å². The van der Waals surface area contributed by atoms with Gasteiger partial charge in [0.1, 0.15) is 0 Å². The van der Waals surface area contributed by atoms with E-state index in [2.05, 4.69) is 34.8 Å². The third-order valence-corrected chi connectivity index (χ3v) is 2.96. The topological polar surface area (TPSA) is 72.7 Å². The summed E-state index contributed by atoms with van der Waals surface area (Å²) < 4.78 is 33.4. The molecule has 1 aliphatic heterocycles. The molecule has 0 unspecified atom stereocenters. The van der Waals surface area contributed by atoms with Gasteiger partial charge >= 0.3 is 0 Å². The summed E-state index contributed by atoms with van der Waals surface area (Å²) >= 11 is 0. The van der Waals surface area contributed by atoms with Crippen LogP contribution in [0.4, 0.5) is 0 Å². The molecule has 0 saturated heterocycles. The third-order valence-electron chi connectivity index (χ3n) is 2.55. The van der Waals surface area contributed by atoms with Gasteiger partial charge in [-0.15, -0.1) is 0 Å². The van der Waals surface area contributed by atoms with Crippen LogP contribution in [0.2, 0.25) is 0 Å². The van der Waals surface area contributed by atoms with Crippen molar-refractivity contribution in [1.29, 1.82) is 0 Å². The lowest BCUT2D eigenvalue weighted by Crippen LogP contribution is -2.30. The van der Waals surface area contributed by atoms with E-state index in [1.165, 1.54) is 38.1 Å². The standard InChI is InChI=1S/C9H19N2.CH4O4S/c1-10(2)9-7-5-4-6-8-11(9)3;1-5-6(2,3)4/h4-8H2,1-3H3;1H3,(H,2,3,4)/q+1;/p-1. The van der Waals surface area contributed by atoms with Crippen molar-refractivity contribution >= 4 is 16.2 Å². The summed E-state index contributed by atoms with van der Waals surface area (Å²) in [6.07, 6.45) is 5.36. The first kappa shape index (κ1) is 16.3. The zero-order chi connectivity index (χ0) is 13.5. The summed E-state index contributed by atoms with van der Waals surface area (Å²) in [4.78, 5) is 2.24. The molecule has 1 heterocycles. The number of rotatable bonds is 1. The quantitative estimate of drug-likeness (QED) is 0.386. The molecule has 0 aromatic carbocycles. The summed E-state index contributed by atoms with van der Waals surface area (Å²) in [6.45, 7) is 1.23. The van der Waals surface area contributed by atoms with E-state index in [4.69, 9.17) is 0 Å². The Balaban J connectivity index is 0.000000366. The first-order valence-electron chi connectivity index (χ1n) is 5.53. The molecular weight excluding hydrogens is 244 g/mol. The Hall–Kier alpha value is -0.660. The molecule has 0 amide bonds. The van der Waals surface area contributed by atoms with Crippen LogP contribution in [0.15, 0.2) is 0 Å². The lowest BCUT2D eigenvalue weighted by molar-refractivity contribution is -0.502. The molecule has 0 aromatic rings. The van der Waals surface area contributed by atoms with E-state index in [1.807, 2.05) is 0 Å².